The Morgan fingerprint density at radius 3 is 3.14 bits per heavy atom. The molecule has 0 radical (unpaired) electrons. The summed E-state index contributed by atoms with van der Waals surface area (Å²) in [6, 6.07) is 3.05. The number of aromatic nitrogens is 3. The van der Waals surface area contributed by atoms with Gasteiger partial charge >= 0.3 is 5.97 Å². The van der Waals surface area contributed by atoms with Crippen molar-refractivity contribution >= 4 is 11.9 Å². The van der Waals surface area contributed by atoms with Crippen LogP contribution in [0.5, 0.6) is 0 Å². The quantitative estimate of drug-likeness (QED) is 0.655. The lowest BCUT2D eigenvalue weighted by Gasteiger charge is -2.31. The van der Waals surface area contributed by atoms with E-state index in [9.17, 15) is 4.79 Å². The zero-order valence-electron chi connectivity index (χ0n) is 12.1. The molecule has 0 amide bonds. The van der Waals surface area contributed by atoms with Crippen molar-refractivity contribution in [2.24, 2.45) is 5.92 Å². The Bertz CT molecular complexity index is 664. The second-order valence-corrected chi connectivity index (χ2v) is 4.78. The van der Waals surface area contributed by atoms with Gasteiger partial charge in [-0.3, -0.25) is 4.79 Å². The Morgan fingerprint density at radius 2 is 2.41 bits per heavy atom. The topological polar surface area (TPSA) is 91.4 Å². The summed E-state index contributed by atoms with van der Waals surface area (Å²) in [5, 5.41) is 7.14. The number of carbonyl (C=O) groups is 1. The van der Waals surface area contributed by atoms with Crippen LogP contribution in [-0.4, -0.2) is 41.1 Å². The molecule has 8 heteroatoms. The minimum Gasteiger partial charge on any atom is -0.467 e. The van der Waals surface area contributed by atoms with Crippen LogP contribution in [0, 0.1) is 5.92 Å². The summed E-state index contributed by atoms with van der Waals surface area (Å²) in [5.41, 5.74) is 0.490. The van der Waals surface area contributed by atoms with Crippen molar-refractivity contribution < 1.29 is 18.7 Å². The molecule has 2 aromatic heterocycles. The third-order valence-corrected chi connectivity index (χ3v) is 3.42. The lowest BCUT2D eigenvalue weighted by atomic mass is 9.93. The first-order valence-corrected chi connectivity index (χ1v) is 6.76. The van der Waals surface area contributed by atoms with Gasteiger partial charge < -0.3 is 19.2 Å². The zero-order chi connectivity index (χ0) is 15.5. The molecule has 22 heavy (non-hydrogen) atoms. The van der Waals surface area contributed by atoms with Gasteiger partial charge in [0.1, 0.15) is 30.7 Å². The number of anilines is 1. The van der Waals surface area contributed by atoms with Crippen LogP contribution in [0.2, 0.25) is 0 Å². The van der Waals surface area contributed by atoms with Crippen LogP contribution in [0.3, 0.4) is 0 Å². The molecular weight excluding hydrogens is 288 g/mol. The molecule has 0 bridgehead atoms. The third kappa shape index (κ3) is 2.48. The van der Waals surface area contributed by atoms with Crippen molar-refractivity contribution in [2.75, 3.05) is 25.6 Å². The monoisotopic (exact) mass is 304 g/mol. The van der Waals surface area contributed by atoms with Crippen LogP contribution >= 0.6 is 0 Å². The first-order valence-electron chi connectivity index (χ1n) is 6.76. The second-order valence-electron chi connectivity index (χ2n) is 4.78. The SMILES string of the molecule is C=C1Nc2ncnn2[C@@H](c2ccco2)[C@H]1C(=O)OCCOC. The normalized spacial score (nSPS) is 20.3. The smallest absolute Gasteiger partial charge is 0.317 e. The predicted molar refractivity (Wildman–Crippen MR) is 76.0 cm³/mol. The third-order valence-electron chi connectivity index (χ3n) is 3.42. The maximum atomic E-state index is 12.4. The first kappa shape index (κ1) is 14.3. The fraction of sp³-hybridized carbons (Fsp3) is 0.357. The highest BCUT2D eigenvalue weighted by Gasteiger charge is 2.42. The van der Waals surface area contributed by atoms with Gasteiger partial charge in [0.25, 0.3) is 0 Å². The van der Waals surface area contributed by atoms with Crippen LogP contribution < -0.4 is 5.32 Å². The molecule has 3 rings (SSSR count). The maximum Gasteiger partial charge on any atom is 0.317 e. The van der Waals surface area contributed by atoms with Crippen LogP contribution in [-0.2, 0) is 14.3 Å². The zero-order valence-corrected chi connectivity index (χ0v) is 12.1. The van der Waals surface area contributed by atoms with Crippen molar-refractivity contribution in [3.63, 3.8) is 0 Å². The van der Waals surface area contributed by atoms with E-state index in [1.54, 1.807) is 30.2 Å². The van der Waals surface area contributed by atoms with Crippen molar-refractivity contribution in [3.8, 4) is 0 Å². The number of carbonyl (C=O) groups excluding carboxylic acids is 1. The van der Waals surface area contributed by atoms with Gasteiger partial charge in [-0.05, 0) is 12.1 Å². The average Bonchev–Trinajstić information content (AvgIpc) is 3.16. The summed E-state index contributed by atoms with van der Waals surface area (Å²) in [4.78, 5) is 16.5. The summed E-state index contributed by atoms with van der Waals surface area (Å²) in [5.74, 6) is 0.00439. The molecule has 0 aromatic carbocycles. The number of furan rings is 1. The van der Waals surface area contributed by atoms with Gasteiger partial charge in [-0.25, -0.2) is 4.68 Å². The summed E-state index contributed by atoms with van der Waals surface area (Å²) < 4.78 is 17.2. The largest absolute Gasteiger partial charge is 0.467 e. The van der Waals surface area contributed by atoms with Gasteiger partial charge in [-0.2, -0.15) is 10.1 Å². The van der Waals surface area contributed by atoms with Crippen molar-refractivity contribution in [1.82, 2.24) is 14.8 Å². The summed E-state index contributed by atoms with van der Waals surface area (Å²) >= 11 is 0. The average molecular weight is 304 g/mol. The molecule has 2 aromatic rings. The van der Waals surface area contributed by atoms with Gasteiger partial charge in [0.2, 0.25) is 5.95 Å². The van der Waals surface area contributed by atoms with E-state index < -0.39 is 17.9 Å². The fourth-order valence-electron chi connectivity index (χ4n) is 2.43. The molecule has 8 nitrogen and oxygen atoms in total. The number of nitrogens with one attached hydrogen (secondary N) is 1. The lowest BCUT2D eigenvalue weighted by Crippen LogP contribution is -2.38. The molecule has 0 aliphatic carbocycles. The Morgan fingerprint density at radius 1 is 1.55 bits per heavy atom. The summed E-state index contributed by atoms with van der Waals surface area (Å²) in [7, 11) is 1.54. The highest BCUT2D eigenvalue weighted by atomic mass is 16.6. The number of hydrogen-bond donors (Lipinski definition) is 1. The van der Waals surface area contributed by atoms with E-state index in [4.69, 9.17) is 13.9 Å². The molecule has 0 saturated carbocycles. The Labute approximate surface area is 126 Å². The van der Waals surface area contributed by atoms with Crippen LogP contribution in [0.25, 0.3) is 0 Å². The van der Waals surface area contributed by atoms with Gasteiger partial charge in [-0.15, -0.1) is 0 Å². The number of esters is 1. The number of fused-ring (bicyclic) bond motifs is 1. The molecule has 0 spiro atoms. The highest BCUT2D eigenvalue weighted by molar-refractivity contribution is 5.78. The maximum absolute atomic E-state index is 12.4. The van der Waals surface area contributed by atoms with E-state index in [1.165, 1.54) is 6.33 Å². The van der Waals surface area contributed by atoms with E-state index >= 15 is 0 Å². The minimum atomic E-state index is -0.669. The van der Waals surface area contributed by atoms with Crippen LogP contribution in [0.4, 0.5) is 5.95 Å². The molecule has 3 heterocycles. The molecule has 1 aliphatic rings. The van der Waals surface area contributed by atoms with E-state index in [0.717, 1.165) is 0 Å². The van der Waals surface area contributed by atoms with Gasteiger partial charge in [0.15, 0.2) is 0 Å². The van der Waals surface area contributed by atoms with E-state index in [0.29, 0.717) is 24.0 Å². The molecule has 0 saturated heterocycles. The molecule has 0 fully saturated rings. The number of nitrogens with zero attached hydrogens (tertiary/aromatic N) is 3. The van der Waals surface area contributed by atoms with E-state index in [2.05, 4.69) is 22.0 Å². The molecule has 116 valence electrons. The molecule has 0 unspecified atom stereocenters. The Hall–Kier alpha value is -2.61. The summed E-state index contributed by atoms with van der Waals surface area (Å²) in [6.07, 6.45) is 2.95. The first-order chi connectivity index (χ1) is 10.7. The Balaban J connectivity index is 1.92. The van der Waals surface area contributed by atoms with E-state index in [-0.39, 0.29) is 6.61 Å². The lowest BCUT2D eigenvalue weighted by molar-refractivity contribution is -0.149. The van der Waals surface area contributed by atoms with Gasteiger partial charge in [0.05, 0.1) is 12.9 Å². The van der Waals surface area contributed by atoms with Crippen molar-refractivity contribution in [2.45, 2.75) is 6.04 Å². The second kappa shape index (κ2) is 6.02. The number of rotatable bonds is 5. The Kier molecular flexibility index (Phi) is 3.92. The van der Waals surface area contributed by atoms with Gasteiger partial charge in [-0.1, -0.05) is 6.58 Å². The number of ether oxygens (including phenoxy) is 2. The van der Waals surface area contributed by atoms with Crippen molar-refractivity contribution in [3.05, 3.63) is 42.8 Å². The predicted octanol–water partition coefficient (Wildman–Crippen LogP) is 1.21. The standard InChI is InChI=1S/C14H16N4O4/c1-9-11(13(19)22-7-6-20-2)12(10-4-3-5-21-10)18-14(17-9)15-8-16-18/h3-5,8,11-12H,1,6-7H2,2H3,(H,15,16,17)/t11-,12-/m0/s1. The molecule has 2 atom stereocenters. The highest BCUT2D eigenvalue weighted by Crippen LogP contribution is 2.37. The fourth-order valence-corrected chi connectivity index (χ4v) is 2.43. The number of hydrogen-bond acceptors (Lipinski definition) is 7. The minimum absolute atomic E-state index is 0.175. The van der Waals surface area contributed by atoms with Crippen LogP contribution in [0.15, 0.2) is 41.4 Å². The van der Waals surface area contributed by atoms with Crippen molar-refractivity contribution in [1.29, 1.82) is 0 Å². The van der Waals surface area contributed by atoms with E-state index in [1.807, 2.05) is 0 Å². The van der Waals surface area contributed by atoms with Gasteiger partial charge in [0, 0.05) is 12.8 Å². The molecule has 1 aliphatic heterocycles. The van der Waals surface area contributed by atoms with Crippen LogP contribution in [0.1, 0.15) is 11.8 Å². The number of methoxy groups -OCH3 is 1. The molecule has 1 N–H and O–H groups in total. The molecular formula is C14H16N4O4. The summed E-state index contributed by atoms with van der Waals surface area (Å²) in [6.45, 7) is 4.42.